The minimum absolute atomic E-state index is 0.00501. The molecule has 1 aliphatic heterocycles. The second kappa shape index (κ2) is 6.95. The smallest absolute Gasteiger partial charge is 0.303 e. The maximum absolute atomic E-state index is 11.8. The fraction of sp³-hybridized carbons (Fsp3) is 0.727. The molecule has 1 atom stereocenters. The average Bonchev–Trinajstić information content (AvgIpc) is 2.35. The summed E-state index contributed by atoms with van der Waals surface area (Å²) in [5, 5.41) is 11.1. The van der Waals surface area contributed by atoms with E-state index in [1.54, 1.807) is 4.90 Å². The van der Waals surface area contributed by atoms with Crippen LogP contribution in [0, 0.1) is 5.92 Å². The Morgan fingerprint density at radius 1 is 1.39 bits per heavy atom. The van der Waals surface area contributed by atoms with Crippen LogP contribution in [0.15, 0.2) is 0 Å². The number of carbonyl (C=O) groups excluding carboxylic acids is 2. The summed E-state index contributed by atoms with van der Waals surface area (Å²) in [4.78, 5) is 34.9. The fourth-order valence-corrected chi connectivity index (χ4v) is 2.06. The summed E-state index contributed by atoms with van der Waals surface area (Å²) in [6.07, 6.45) is 1.71. The van der Waals surface area contributed by atoms with Crippen LogP contribution in [0.2, 0.25) is 0 Å². The molecular formula is C11H19N3O4. The second-order valence-corrected chi connectivity index (χ2v) is 4.43. The number of piperidine rings is 1. The molecule has 7 nitrogen and oxygen atoms in total. The highest BCUT2D eigenvalue weighted by molar-refractivity contribution is 5.85. The normalized spacial score (nSPS) is 19.4. The van der Waals surface area contributed by atoms with Gasteiger partial charge in [0.2, 0.25) is 11.8 Å². The highest BCUT2D eigenvalue weighted by Gasteiger charge is 2.25. The Labute approximate surface area is 105 Å². The summed E-state index contributed by atoms with van der Waals surface area (Å²) >= 11 is 0. The van der Waals surface area contributed by atoms with Gasteiger partial charge in [0.05, 0.1) is 13.1 Å². The number of nitrogens with zero attached hydrogens (tertiary/aromatic N) is 1. The van der Waals surface area contributed by atoms with Crippen molar-refractivity contribution in [2.24, 2.45) is 11.7 Å². The number of carboxylic acids is 1. The van der Waals surface area contributed by atoms with Crippen LogP contribution in [0.4, 0.5) is 0 Å². The lowest BCUT2D eigenvalue weighted by Crippen LogP contribution is -2.46. The number of carbonyl (C=O) groups is 3. The number of likely N-dealkylation sites (tertiary alicyclic amines) is 1. The topological polar surface area (TPSA) is 113 Å². The maximum atomic E-state index is 11.8. The summed E-state index contributed by atoms with van der Waals surface area (Å²) in [7, 11) is 0. The van der Waals surface area contributed by atoms with Crippen molar-refractivity contribution in [2.45, 2.75) is 19.3 Å². The number of rotatable bonds is 5. The van der Waals surface area contributed by atoms with Crippen molar-refractivity contribution >= 4 is 17.8 Å². The van der Waals surface area contributed by atoms with E-state index in [9.17, 15) is 14.4 Å². The third-order valence-corrected chi connectivity index (χ3v) is 2.96. The zero-order chi connectivity index (χ0) is 13.5. The van der Waals surface area contributed by atoms with Crippen molar-refractivity contribution in [3.05, 3.63) is 0 Å². The number of carboxylic acid groups (broad SMARTS) is 1. The fourth-order valence-electron chi connectivity index (χ4n) is 2.06. The van der Waals surface area contributed by atoms with Crippen LogP contribution in [0.25, 0.3) is 0 Å². The molecule has 1 rings (SSSR count). The molecule has 0 aromatic heterocycles. The van der Waals surface area contributed by atoms with Gasteiger partial charge in [0.25, 0.3) is 0 Å². The molecule has 0 radical (unpaired) electrons. The van der Waals surface area contributed by atoms with Gasteiger partial charge in [-0.25, -0.2) is 0 Å². The number of aliphatic carboxylic acids is 1. The molecule has 0 saturated carbocycles. The molecule has 1 saturated heterocycles. The van der Waals surface area contributed by atoms with Crippen LogP contribution < -0.4 is 11.1 Å². The zero-order valence-electron chi connectivity index (χ0n) is 10.2. The Morgan fingerprint density at radius 2 is 2.11 bits per heavy atom. The molecule has 0 aromatic carbocycles. The molecule has 102 valence electrons. The van der Waals surface area contributed by atoms with Crippen LogP contribution >= 0.6 is 0 Å². The highest BCUT2D eigenvalue weighted by Crippen LogP contribution is 2.19. The van der Waals surface area contributed by atoms with Gasteiger partial charge in [-0.05, 0) is 18.8 Å². The number of nitrogens with two attached hydrogens (primary N) is 1. The number of hydrogen-bond acceptors (Lipinski definition) is 4. The third kappa shape index (κ3) is 4.70. The summed E-state index contributed by atoms with van der Waals surface area (Å²) in [5.41, 5.74) is 5.11. The van der Waals surface area contributed by atoms with E-state index in [1.165, 1.54) is 0 Å². The monoisotopic (exact) mass is 257 g/mol. The quantitative estimate of drug-likeness (QED) is 0.571. The highest BCUT2D eigenvalue weighted by atomic mass is 16.4. The minimum atomic E-state index is -0.842. The lowest BCUT2D eigenvalue weighted by Gasteiger charge is -2.32. The lowest BCUT2D eigenvalue weighted by atomic mass is 9.95. The van der Waals surface area contributed by atoms with Crippen LogP contribution in [-0.4, -0.2) is 54.0 Å². The van der Waals surface area contributed by atoms with Crippen molar-refractivity contribution < 1.29 is 19.5 Å². The zero-order valence-corrected chi connectivity index (χ0v) is 10.2. The first-order valence-electron chi connectivity index (χ1n) is 5.99. The van der Waals surface area contributed by atoms with Gasteiger partial charge in [0.15, 0.2) is 0 Å². The number of amides is 2. The summed E-state index contributed by atoms with van der Waals surface area (Å²) in [6.45, 7) is 0.849. The number of nitrogens with one attached hydrogen (secondary N) is 1. The van der Waals surface area contributed by atoms with E-state index in [4.69, 9.17) is 10.8 Å². The molecule has 7 heteroatoms. The van der Waals surface area contributed by atoms with Crippen molar-refractivity contribution in [1.82, 2.24) is 10.2 Å². The maximum Gasteiger partial charge on any atom is 0.303 e. The number of hydrogen-bond donors (Lipinski definition) is 3. The Balaban J connectivity index is 2.38. The van der Waals surface area contributed by atoms with Gasteiger partial charge in [-0.3, -0.25) is 14.4 Å². The first-order valence-corrected chi connectivity index (χ1v) is 5.99. The standard InChI is InChI=1S/C11H19N3O4/c12-5-9(15)13-6-10(16)14-3-1-2-8(7-14)4-11(17)18/h8H,1-7,12H2,(H,13,15)(H,17,18). The van der Waals surface area contributed by atoms with Gasteiger partial charge in [-0.15, -0.1) is 0 Å². The van der Waals surface area contributed by atoms with Crippen LogP contribution in [0.1, 0.15) is 19.3 Å². The minimum Gasteiger partial charge on any atom is -0.481 e. The Morgan fingerprint density at radius 3 is 2.72 bits per heavy atom. The van der Waals surface area contributed by atoms with Gasteiger partial charge < -0.3 is 21.1 Å². The van der Waals surface area contributed by atoms with E-state index >= 15 is 0 Å². The Hall–Kier alpha value is -1.63. The molecule has 18 heavy (non-hydrogen) atoms. The van der Waals surface area contributed by atoms with E-state index in [1.807, 2.05) is 0 Å². The first-order chi connectivity index (χ1) is 8.52. The van der Waals surface area contributed by atoms with E-state index < -0.39 is 5.97 Å². The van der Waals surface area contributed by atoms with Crippen molar-refractivity contribution in [2.75, 3.05) is 26.2 Å². The molecule has 2 amide bonds. The molecule has 4 N–H and O–H groups in total. The average molecular weight is 257 g/mol. The molecular weight excluding hydrogens is 238 g/mol. The molecule has 1 heterocycles. The molecule has 1 fully saturated rings. The third-order valence-electron chi connectivity index (χ3n) is 2.96. The van der Waals surface area contributed by atoms with Crippen LogP contribution in [-0.2, 0) is 14.4 Å². The predicted molar refractivity (Wildman–Crippen MR) is 63.6 cm³/mol. The van der Waals surface area contributed by atoms with Gasteiger partial charge in [0.1, 0.15) is 0 Å². The summed E-state index contributed by atoms with van der Waals surface area (Å²) in [5.74, 6) is -1.40. The van der Waals surface area contributed by atoms with Crippen molar-refractivity contribution in [3.63, 3.8) is 0 Å². The van der Waals surface area contributed by atoms with E-state index in [0.717, 1.165) is 12.8 Å². The molecule has 0 bridgehead atoms. The van der Waals surface area contributed by atoms with Gasteiger partial charge in [-0.1, -0.05) is 0 Å². The molecule has 0 aliphatic carbocycles. The van der Waals surface area contributed by atoms with Gasteiger partial charge in [0, 0.05) is 19.5 Å². The molecule has 0 spiro atoms. The van der Waals surface area contributed by atoms with Crippen molar-refractivity contribution in [3.8, 4) is 0 Å². The first kappa shape index (κ1) is 14.4. The largest absolute Gasteiger partial charge is 0.481 e. The van der Waals surface area contributed by atoms with E-state index in [2.05, 4.69) is 5.32 Å². The van der Waals surface area contributed by atoms with Crippen LogP contribution in [0.3, 0.4) is 0 Å². The second-order valence-electron chi connectivity index (χ2n) is 4.43. The van der Waals surface area contributed by atoms with Crippen molar-refractivity contribution in [1.29, 1.82) is 0 Å². The van der Waals surface area contributed by atoms with Gasteiger partial charge in [-0.2, -0.15) is 0 Å². The molecule has 0 aromatic rings. The van der Waals surface area contributed by atoms with E-state index in [-0.39, 0.29) is 37.2 Å². The van der Waals surface area contributed by atoms with Gasteiger partial charge >= 0.3 is 5.97 Å². The van der Waals surface area contributed by atoms with Crippen LogP contribution in [0.5, 0.6) is 0 Å². The molecule has 1 unspecified atom stereocenters. The SMILES string of the molecule is NCC(=O)NCC(=O)N1CCCC(CC(=O)O)C1. The molecule has 1 aliphatic rings. The van der Waals surface area contributed by atoms with E-state index in [0.29, 0.717) is 13.1 Å². The summed E-state index contributed by atoms with van der Waals surface area (Å²) < 4.78 is 0. The lowest BCUT2D eigenvalue weighted by molar-refractivity contribution is -0.140. The predicted octanol–water partition coefficient (Wildman–Crippen LogP) is -1.23. The summed E-state index contributed by atoms with van der Waals surface area (Å²) in [6, 6.07) is 0. The Bertz CT molecular complexity index is 332. The Kier molecular flexibility index (Phi) is 5.57.